The zero-order chi connectivity index (χ0) is 87.8. The predicted molar refractivity (Wildman–Crippen MR) is 493 cm³/mol. The second kappa shape index (κ2) is 32.5. The number of benzene rings is 15. The molecule has 19 aromatic rings. The molecule has 0 radical (unpaired) electrons. The van der Waals surface area contributed by atoms with E-state index in [1.807, 2.05) is 237 Å². The third-order valence-corrected chi connectivity index (χ3v) is 22.5. The Morgan fingerprint density at radius 3 is 0.844 bits per heavy atom. The second-order valence-corrected chi connectivity index (χ2v) is 29.7. The average Bonchev–Trinajstić information content (AvgIpc) is 1.57. The van der Waals surface area contributed by atoms with Crippen molar-refractivity contribution in [2.75, 3.05) is 0 Å². The van der Waals surface area contributed by atoms with E-state index in [0.717, 1.165) is 44.5 Å². The van der Waals surface area contributed by atoms with E-state index in [1.165, 1.54) is 48.5 Å². The summed E-state index contributed by atoms with van der Waals surface area (Å²) in [7, 11) is 0. The molecule has 0 spiro atoms. The highest BCUT2D eigenvalue weighted by Gasteiger charge is 2.28. The van der Waals surface area contributed by atoms with Gasteiger partial charge in [-0.1, -0.05) is 182 Å². The van der Waals surface area contributed by atoms with E-state index in [9.17, 15) is 31.6 Å². The number of hydrogen-bond donors (Lipinski definition) is 0. The van der Waals surface area contributed by atoms with Crippen LogP contribution in [-0.4, -0.2) is 39.0 Å². The zero-order valence-electron chi connectivity index (χ0n) is 66.8. The van der Waals surface area contributed by atoms with Gasteiger partial charge in [-0.3, -0.25) is 0 Å². The third kappa shape index (κ3) is 13.6. The van der Waals surface area contributed by atoms with Crippen LogP contribution in [0.2, 0.25) is 0 Å². The van der Waals surface area contributed by atoms with Crippen molar-refractivity contribution in [3.8, 4) is 183 Å². The molecular formula is C108H50N20. The van der Waals surface area contributed by atoms with Gasteiger partial charge in [0.05, 0.1) is 126 Å². The van der Waals surface area contributed by atoms with Gasteiger partial charge in [0.1, 0.15) is 0 Å². The van der Waals surface area contributed by atoms with Crippen LogP contribution >= 0.6 is 0 Å². The molecule has 0 amide bonds. The van der Waals surface area contributed by atoms with Crippen molar-refractivity contribution in [3.05, 3.63) is 405 Å². The van der Waals surface area contributed by atoms with Gasteiger partial charge in [0.2, 0.25) is 0 Å². The molecule has 0 N–H and O–H groups in total. The minimum Gasteiger partial charge on any atom is -0.308 e. The Morgan fingerprint density at radius 1 is 0.219 bits per heavy atom. The summed E-state index contributed by atoms with van der Waals surface area (Å²) < 4.78 is 4.18. The van der Waals surface area contributed by atoms with E-state index in [4.69, 9.17) is 69.3 Å². The van der Waals surface area contributed by atoms with Gasteiger partial charge in [-0.25, -0.2) is 59.0 Å². The zero-order valence-corrected chi connectivity index (χ0v) is 66.8. The van der Waals surface area contributed by atoms with Gasteiger partial charge in [-0.2, -0.15) is 31.6 Å². The molecule has 20 heteroatoms. The Labute approximate surface area is 731 Å². The van der Waals surface area contributed by atoms with Crippen LogP contribution in [0.15, 0.2) is 303 Å². The van der Waals surface area contributed by atoms with Crippen molar-refractivity contribution in [1.29, 1.82) is 31.6 Å². The van der Waals surface area contributed by atoms with Gasteiger partial charge in [0.15, 0.2) is 69.1 Å². The van der Waals surface area contributed by atoms with Crippen LogP contribution < -0.4 is 0 Å². The Kier molecular flexibility index (Phi) is 19.7. The number of fused-ring (bicyclic) bond motifs is 6. The Morgan fingerprint density at radius 2 is 0.500 bits per heavy atom. The van der Waals surface area contributed by atoms with E-state index < -0.39 is 0 Å². The number of nitriles is 6. The van der Waals surface area contributed by atoms with Crippen molar-refractivity contribution in [1.82, 2.24) is 39.0 Å². The summed E-state index contributed by atoms with van der Waals surface area (Å²) in [6.45, 7) is 49.1. The van der Waals surface area contributed by atoms with E-state index in [2.05, 4.69) is 92.8 Å². The first kappa shape index (κ1) is 77.7. The first-order valence-corrected chi connectivity index (χ1v) is 39.6. The highest BCUT2D eigenvalue weighted by Crippen LogP contribution is 2.50. The minimum absolute atomic E-state index is 0.0988. The number of nitrogens with zero attached hydrogens (tertiary/aromatic N) is 20. The molecule has 20 nitrogen and oxygen atoms in total. The lowest BCUT2D eigenvalue weighted by atomic mass is 9.93. The fraction of sp³-hybridized carbons (Fsp3) is 0. The summed E-state index contributed by atoms with van der Waals surface area (Å²) in [4.78, 5) is 54.4. The van der Waals surface area contributed by atoms with Gasteiger partial charge in [0.25, 0.3) is 0 Å². The van der Waals surface area contributed by atoms with E-state index in [0.29, 0.717) is 146 Å². The average molecular weight is 1630 g/mol. The maximum Gasteiger partial charge on any atom is 0.197 e. The lowest BCUT2D eigenvalue weighted by molar-refractivity contribution is 1.06. The molecule has 15 aromatic carbocycles. The van der Waals surface area contributed by atoms with Crippen molar-refractivity contribution >= 4 is 77.7 Å². The van der Waals surface area contributed by atoms with Crippen molar-refractivity contribution in [2.24, 2.45) is 0 Å². The quantitative estimate of drug-likeness (QED) is 0.0921. The second-order valence-electron chi connectivity index (χ2n) is 29.7. The molecule has 128 heavy (non-hydrogen) atoms. The molecule has 0 aliphatic heterocycles. The molecule has 4 heterocycles. The van der Waals surface area contributed by atoms with Gasteiger partial charge in [0, 0.05) is 88.3 Å². The van der Waals surface area contributed by atoms with Crippen LogP contribution in [0, 0.1) is 107 Å². The minimum atomic E-state index is 0.0988. The maximum atomic E-state index is 10.7. The molecule has 0 unspecified atom stereocenters. The molecule has 0 aliphatic rings. The summed E-state index contributed by atoms with van der Waals surface area (Å²) in [5.74, 6) is 2.18. The Bertz CT molecular complexity index is 7540. The summed E-state index contributed by atoms with van der Waals surface area (Å²) >= 11 is 0. The monoisotopic (exact) mass is 1630 g/mol. The lowest BCUT2D eigenvalue weighted by Gasteiger charge is -2.18. The van der Waals surface area contributed by atoms with Gasteiger partial charge in [-0.05, 0) is 171 Å². The summed E-state index contributed by atoms with van der Waals surface area (Å²) in [6.07, 6.45) is 0. The Balaban J connectivity index is 0.856. The molecule has 0 saturated carbocycles. The molecule has 582 valence electrons. The van der Waals surface area contributed by atoms with Crippen molar-refractivity contribution < 1.29 is 0 Å². The number of rotatable bonds is 14. The summed E-state index contributed by atoms with van der Waals surface area (Å²) in [6, 6.07) is 106. The molecule has 0 fully saturated rings. The summed E-state index contributed by atoms with van der Waals surface area (Å²) in [5, 5.41) is 65.7. The van der Waals surface area contributed by atoms with Crippen molar-refractivity contribution in [3.63, 3.8) is 0 Å². The van der Waals surface area contributed by atoms with Crippen LogP contribution in [0.25, 0.3) is 219 Å². The van der Waals surface area contributed by atoms with E-state index in [1.54, 1.807) is 0 Å². The van der Waals surface area contributed by atoms with Crippen LogP contribution in [0.1, 0.15) is 33.4 Å². The first-order valence-electron chi connectivity index (χ1n) is 39.6. The van der Waals surface area contributed by atoms with Gasteiger partial charge in [-0.15, -0.1) is 0 Å². The molecule has 4 aromatic heterocycles. The van der Waals surface area contributed by atoms with Crippen molar-refractivity contribution in [2.45, 2.75) is 0 Å². The fourth-order valence-electron chi connectivity index (χ4n) is 16.8. The fourth-order valence-corrected chi connectivity index (χ4v) is 16.8. The lowest BCUT2D eigenvalue weighted by Crippen LogP contribution is -2.04. The molecule has 19 rings (SSSR count). The van der Waals surface area contributed by atoms with Crippen LogP contribution in [-0.2, 0) is 0 Å². The highest BCUT2D eigenvalue weighted by molar-refractivity contribution is 6.15. The molecule has 0 bridgehead atoms. The number of hydrogen-bond acceptors (Lipinski definition) is 12. The molecule has 0 saturated heterocycles. The van der Waals surface area contributed by atoms with Crippen LogP contribution in [0.5, 0.6) is 0 Å². The van der Waals surface area contributed by atoms with Gasteiger partial charge >= 0.3 is 0 Å². The SMILES string of the molecule is [C-]#[N+]c1cc(C#N)c(-c2ccc3c(c2)c2cc(-c4c(C#N)cc([N+]#[C-])cc4[N+]#[C-])ccc2n3-c2ccc(-c3cccc(-c4ccc(-n5c6ccc(-c7c(C#N)cc(C#N)cc7[N+]#[C-])cc6c6cc(-c7c([N+]#[C-])cc(C#N)cc7[N+]#[C-])ccc65)c(-c5nc(-c6ccccc6)nc(-c6ccccc6)n5)c4)c3)cc2-c2nc(-c3ccccc3)nc(-c3ccccc3)n2)c(C#N)c1. The van der Waals surface area contributed by atoms with Gasteiger partial charge < -0.3 is 9.13 Å². The van der Waals surface area contributed by atoms with E-state index in [-0.39, 0.29) is 67.5 Å². The molecule has 0 aliphatic carbocycles. The van der Waals surface area contributed by atoms with Crippen LogP contribution in [0.3, 0.4) is 0 Å². The smallest absolute Gasteiger partial charge is 0.197 e. The molecule has 0 atom stereocenters. The molecular weight excluding hydrogens is 1580 g/mol. The summed E-state index contributed by atoms with van der Waals surface area (Å²) in [5.41, 5.74) is 15.7. The first-order chi connectivity index (χ1) is 62.8. The highest BCUT2D eigenvalue weighted by atomic mass is 15.1. The number of aromatic nitrogens is 8. The normalized spacial score (nSPS) is 10.7. The topological polar surface area (TPSA) is 256 Å². The van der Waals surface area contributed by atoms with E-state index >= 15 is 0 Å². The van der Waals surface area contributed by atoms with Crippen LogP contribution in [0.4, 0.5) is 34.1 Å². The third-order valence-electron chi connectivity index (χ3n) is 22.5. The maximum absolute atomic E-state index is 10.7. The predicted octanol–water partition coefficient (Wildman–Crippen LogP) is 26.8. The standard InChI is InChI=1S/C108H50N20/c1-115-81-47-78(60-112)99(79(48-81)61-113)73-32-38-93-83(52-73)84-54-75(101-80(62-114)49-82(116-2)56-92(101)120-6)34-40-94(84)127(93)97-36-30-71(50-87(97)107-123-103(65-20-11-7-12-21-65)121-104(124-107)66-22-13-8-14-23-66)69-28-19-29-70(46-69)72-31-37-98(88(51-72)108-125-105(67-24-15-9-16-25-67)122-106(126-108)68-26-17-10-18-27-68)128-95-39-33-74(100-77(59-111)42-63(57-109)43-89(100)117-3)53-85(95)86-55-76(35-41-96(86)128)102-90(118-4)44-64(58-110)45-91(102)119-5/h7-56H. The Hall–Kier alpha value is -20.2. The largest absolute Gasteiger partial charge is 0.308 e.